The minimum Gasteiger partial charge on any atom is -0.508 e. The van der Waals surface area contributed by atoms with E-state index < -0.39 is 6.04 Å². The molecule has 2 heterocycles. The van der Waals surface area contributed by atoms with E-state index in [9.17, 15) is 9.90 Å². The van der Waals surface area contributed by atoms with E-state index in [4.69, 9.17) is 11.6 Å². The number of hydrogen-bond donors (Lipinski definition) is 2. The first-order chi connectivity index (χ1) is 14.5. The van der Waals surface area contributed by atoms with Crippen molar-refractivity contribution in [1.82, 2.24) is 10.2 Å². The van der Waals surface area contributed by atoms with Gasteiger partial charge in [0.25, 0.3) is 5.91 Å². The van der Waals surface area contributed by atoms with Crippen LogP contribution in [0.5, 0.6) is 5.75 Å². The van der Waals surface area contributed by atoms with Crippen LogP contribution in [0.4, 0.5) is 5.69 Å². The molecule has 0 saturated carbocycles. The summed E-state index contributed by atoms with van der Waals surface area (Å²) < 4.78 is 0. The Kier molecular flexibility index (Phi) is 4.33. The Labute approximate surface area is 178 Å². The van der Waals surface area contributed by atoms with E-state index in [1.54, 1.807) is 35.2 Å². The van der Waals surface area contributed by atoms with Gasteiger partial charge in [-0.3, -0.25) is 14.8 Å². The normalized spacial score (nSPS) is 15.5. The Morgan fingerprint density at radius 2 is 1.77 bits per heavy atom. The number of nitrogens with zero attached hydrogens (tertiary/aromatic N) is 2. The zero-order valence-corrected chi connectivity index (χ0v) is 16.9. The maximum atomic E-state index is 13.4. The fourth-order valence-corrected chi connectivity index (χ4v) is 4.08. The van der Waals surface area contributed by atoms with Crippen molar-refractivity contribution < 1.29 is 9.90 Å². The lowest BCUT2D eigenvalue weighted by molar-refractivity contribution is 0.0988. The standard InChI is InChI=1S/C24H18ClN3O2/c1-14-5-11-18(12-6-14)28-23(16-3-2-4-19(29)13-16)20-21(26-27-22(20)24(28)30)15-7-9-17(25)10-8-15/h2-13,23,29H,1H3,(H,26,27). The van der Waals surface area contributed by atoms with Crippen LogP contribution < -0.4 is 4.90 Å². The maximum absolute atomic E-state index is 13.4. The summed E-state index contributed by atoms with van der Waals surface area (Å²) in [4.78, 5) is 15.2. The third-order valence-electron chi connectivity index (χ3n) is 5.38. The van der Waals surface area contributed by atoms with E-state index in [2.05, 4.69) is 10.2 Å². The highest BCUT2D eigenvalue weighted by Crippen LogP contribution is 2.45. The predicted molar refractivity (Wildman–Crippen MR) is 117 cm³/mol. The quantitative estimate of drug-likeness (QED) is 0.464. The van der Waals surface area contributed by atoms with Crippen molar-refractivity contribution in [2.24, 2.45) is 0 Å². The minimum absolute atomic E-state index is 0.147. The van der Waals surface area contributed by atoms with E-state index in [1.807, 2.05) is 49.4 Å². The predicted octanol–water partition coefficient (Wildman–Crippen LogP) is 5.49. The second-order valence-electron chi connectivity index (χ2n) is 7.38. The molecule has 3 aromatic carbocycles. The molecule has 5 rings (SSSR count). The SMILES string of the molecule is Cc1ccc(N2C(=O)c3[nH]nc(-c4ccc(Cl)cc4)c3C2c2cccc(O)c2)cc1. The zero-order chi connectivity index (χ0) is 20.8. The summed E-state index contributed by atoms with van der Waals surface area (Å²) >= 11 is 6.05. The van der Waals surface area contributed by atoms with Crippen molar-refractivity contribution in [3.63, 3.8) is 0 Å². The number of benzene rings is 3. The molecule has 1 amide bonds. The number of aromatic amines is 1. The number of anilines is 1. The highest BCUT2D eigenvalue weighted by molar-refractivity contribution is 6.30. The molecular formula is C24H18ClN3O2. The number of carbonyl (C=O) groups excluding carboxylic acids is 1. The average molecular weight is 416 g/mol. The molecule has 6 heteroatoms. The second-order valence-corrected chi connectivity index (χ2v) is 7.81. The number of fused-ring (bicyclic) bond motifs is 1. The van der Waals surface area contributed by atoms with Gasteiger partial charge in [-0.15, -0.1) is 0 Å². The van der Waals surface area contributed by atoms with Crippen molar-refractivity contribution in [1.29, 1.82) is 0 Å². The second kappa shape index (κ2) is 7.04. The molecule has 0 spiro atoms. The third kappa shape index (κ3) is 2.95. The molecule has 1 aromatic heterocycles. The molecule has 0 radical (unpaired) electrons. The van der Waals surface area contributed by atoms with Crippen molar-refractivity contribution in [2.75, 3.05) is 4.90 Å². The first-order valence-electron chi connectivity index (χ1n) is 9.56. The van der Waals surface area contributed by atoms with Crippen LogP contribution >= 0.6 is 11.6 Å². The lowest BCUT2D eigenvalue weighted by Gasteiger charge is -2.26. The first kappa shape index (κ1) is 18.5. The summed E-state index contributed by atoms with van der Waals surface area (Å²) in [6.45, 7) is 2.01. The van der Waals surface area contributed by atoms with Crippen LogP contribution in [0.1, 0.15) is 33.2 Å². The molecule has 2 N–H and O–H groups in total. The van der Waals surface area contributed by atoms with Gasteiger partial charge in [0.2, 0.25) is 0 Å². The molecule has 148 valence electrons. The summed E-state index contributed by atoms with van der Waals surface area (Å²) in [6, 6.07) is 21.8. The molecule has 1 aliphatic heterocycles. The lowest BCUT2D eigenvalue weighted by Crippen LogP contribution is -2.29. The van der Waals surface area contributed by atoms with E-state index in [0.29, 0.717) is 16.4 Å². The number of aryl methyl sites for hydroxylation is 1. The van der Waals surface area contributed by atoms with Crippen molar-refractivity contribution in [2.45, 2.75) is 13.0 Å². The molecular weight excluding hydrogens is 398 g/mol. The summed E-state index contributed by atoms with van der Waals surface area (Å²) in [7, 11) is 0. The van der Waals surface area contributed by atoms with Gasteiger partial charge in [-0.05, 0) is 48.9 Å². The molecule has 1 aliphatic rings. The highest BCUT2D eigenvalue weighted by Gasteiger charge is 2.43. The Hall–Kier alpha value is -3.57. The molecule has 30 heavy (non-hydrogen) atoms. The number of aromatic hydroxyl groups is 1. The van der Waals surface area contributed by atoms with Crippen LogP contribution in [-0.2, 0) is 0 Å². The van der Waals surface area contributed by atoms with Gasteiger partial charge in [0.1, 0.15) is 11.4 Å². The van der Waals surface area contributed by atoms with Crippen molar-refractivity contribution in [3.8, 4) is 17.0 Å². The van der Waals surface area contributed by atoms with Gasteiger partial charge in [-0.25, -0.2) is 0 Å². The van der Waals surface area contributed by atoms with Crippen LogP contribution in [0.2, 0.25) is 5.02 Å². The molecule has 1 atom stereocenters. The molecule has 0 bridgehead atoms. The van der Waals surface area contributed by atoms with Gasteiger partial charge >= 0.3 is 0 Å². The number of phenolic OH excluding ortho intramolecular Hbond substituents is 1. The van der Waals surface area contributed by atoms with E-state index in [1.165, 1.54) is 0 Å². The number of nitrogens with one attached hydrogen (secondary N) is 1. The number of amides is 1. The molecule has 4 aromatic rings. The number of rotatable bonds is 3. The van der Waals surface area contributed by atoms with Crippen LogP contribution in [0.3, 0.4) is 0 Å². The number of H-pyrrole nitrogens is 1. The number of carbonyl (C=O) groups is 1. The van der Waals surface area contributed by atoms with E-state index in [0.717, 1.165) is 27.9 Å². The van der Waals surface area contributed by atoms with Crippen molar-refractivity contribution in [3.05, 3.63) is 100 Å². The highest BCUT2D eigenvalue weighted by atomic mass is 35.5. The van der Waals surface area contributed by atoms with E-state index >= 15 is 0 Å². The van der Waals surface area contributed by atoms with Gasteiger partial charge in [0.05, 0.1) is 11.7 Å². The smallest absolute Gasteiger partial charge is 0.277 e. The molecule has 0 aliphatic carbocycles. The van der Waals surface area contributed by atoms with Gasteiger partial charge in [0, 0.05) is 21.8 Å². The summed E-state index contributed by atoms with van der Waals surface area (Å²) in [5, 5.41) is 18.1. The Morgan fingerprint density at radius 3 is 2.47 bits per heavy atom. The van der Waals surface area contributed by atoms with Crippen LogP contribution in [0.15, 0.2) is 72.8 Å². The molecule has 0 saturated heterocycles. The van der Waals surface area contributed by atoms with Crippen LogP contribution in [0, 0.1) is 6.92 Å². The molecule has 5 nitrogen and oxygen atoms in total. The topological polar surface area (TPSA) is 69.2 Å². The zero-order valence-electron chi connectivity index (χ0n) is 16.1. The summed E-state index contributed by atoms with van der Waals surface area (Å²) in [5.74, 6) is -0.0105. The third-order valence-corrected chi connectivity index (χ3v) is 5.64. The Bertz CT molecular complexity index is 1250. The number of aromatic nitrogens is 2. The molecule has 0 fully saturated rings. The van der Waals surface area contributed by atoms with Gasteiger partial charge in [-0.1, -0.05) is 53.6 Å². The summed E-state index contributed by atoms with van der Waals surface area (Å²) in [5.41, 5.74) is 5.49. The molecule has 1 unspecified atom stereocenters. The van der Waals surface area contributed by atoms with Crippen LogP contribution in [-0.4, -0.2) is 21.2 Å². The van der Waals surface area contributed by atoms with Gasteiger partial charge in [0.15, 0.2) is 0 Å². The number of phenols is 1. The first-order valence-corrected chi connectivity index (χ1v) is 9.94. The largest absolute Gasteiger partial charge is 0.508 e. The monoisotopic (exact) mass is 415 g/mol. The minimum atomic E-state index is -0.424. The lowest BCUT2D eigenvalue weighted by atomic mass is 9.95. The summed E-state index contributed by atoms with van der Waals surface area (Å²) in [6.07, 6.45) is 0. The van der Waals surface area contributed by atoms with Crippen molar-refractivity contribution >= 4 is 23.2 Å². The number of hydrogen-bond acceptors (Lipinski definition) is 3. The fourth-order valence-electron chi connectivity index (χ4n) is 3.96. The van der Waals surface area contributed by atoms with E-state index in [-0.39, 0.29) is 11.7 Å². The van der Waals surface area contributed by atoms with Gasteiger partial charge < -0.3 is 5.11 Å². The Morgan fingerprint density at radius 1 is 1.03 bits per heavy atom. The Balaban J connectivity index is 1.72. The average Bonchev–Trinajstić information content (AvgIpc) is 3.28. The van der Waals surface area contributed by atoms with Gasteiger partial charge in [-0.2, -0.15) is 5.10 Å². The van der Waals surface area contributed by atoms with Crippen LogP contribution in [0.25, 0.3) is 11.3 Å². The maximum Gasteiger partial charge on any atom is 0.277 e. The number of halogens is 1. The fraction of sp³-hybridized carbons (Fsp3) is 0.0833.